The van der Waals surface area contributed by atoms with Gasteiger partial charge in [-0.05, 0) is 25.2 Å². The zero-order chi connectivity index (χ0) is 20.6. The lowest BCUT2D eigenvalue weighted by atomic mass is 9.71. The first-order valence-electron chi connectivity index (χ1n) is 10.8. The summed E-state index contributed by atoms with van der Waals surface area (Å²) in [5, 5.41) is 18.1. The maximum absolute atomic E-state index is 13.3. The lowest BCUT2D eigenvalue weighted by Gasteiger charge is -2.51. The summed E-state index contributed by atoms with van der Waals surface area (Å²) in [4.78, 5) is 29.6. The van der Waals surface area contributed by atoms with Crippen molar-refractivity contribution in [3.8, 4) is 0 Å². The Morgan fingerprint density at radius 3 is 2.90 bits per heavy atom. The molecular weight excluding hydrogens is 372 g/mol. The highest BCUT2D eigenvalue weighted by atomic mass is 16.5. The van der Waals surface area contributed by atoms with Gasteiger partial charge in [-0.2, -0.15) is 5.10 Å². The summed E-state index contributed by atoms with van der Waals surface area (Å²) in [6.07, 6.45) is 2.97. The molecule has 160 valence electrons. The first-order chi connectivity index (χ1) is 13.9. The van der Waals surface area contributed by atoms with Crippen LogP contribution in [0.4, 0.5) is 0 Å². The Kier molecular flexibility index (Phi) is 5.66. The Bertz CT molecular complexity index is 777. The Morgan fingerprint density at radius 2 is 2.10 bits per heavy atom. The van der Waals surface area contributed by atoms with Crippen LogP contribution < -0.4 is 0 Å². The molecule has 0 bridgehead atoms. The minimum Gasteiger partial charge on any atom is -0.392 e. The van der Waals surface area contributed by atoms with Crippen LogP contribution in [-0.2, 0) is 22.6 Å². The predicted octanol–water partition coefficient (Wildman–Crippen LogP) is 1.34. The highest BCUT2D eigenvalue weighted by molar-refractivity contribution is 5.94. The third-order valence-corrected chi connectivity index (χ3v) is 6.61. The van der Waals surface area contributed by atoms with Crippen LogP contribution in [0.15, 0.2) is 0 Å². The Labute approximate surface area is 171 Å². The lowest BCUT2D eigenvalue weighted by molar-refractivity contribution is -0.141. The van der Waals surface area contributed by atoms with Gasteiger partial charge in [0, 0.05) is 55.7 Å². The van der Waals surface area contributed by atoms with E-state index in [1.807, 2.05) is 23.6 Å². The molecule has 3 aliphatic heterocycles. The fraction of sp³-hybridized carbons (Fsp3) is 0.762. The van der Waals surface area contributed by atoms with E-state index in [0.717, 1.165) is 37.1 Å². The van der Waals surface area contributed by atoms with Gasteiger partial charge in [0.1, 0.15) is 0 Å². The van der Waals surface area contributed by atoms with E-state index >= 15 is 0 Å². The van der Waals surface area contributed by atoms with Gasteiger partial charge in [-0.3, -0.25) is 14.7 Å². The van der Waals surface area contributed by atoms with Crippen LogP contribution >= 0.6 is 0 Å². The van der Waals surface area contributed by atoms with E-state index in [-0.39, 0.29) is 11.8 Å². The summed E-state index contributed by atoms with van der Waals surface area (Å²) in [5.74, 6) is 0.348. The molecule has 2 fully saturated rings. The minimum absolute atomic E-state index is 0.107. The molecule has 2 atom stereocenters. The Balaban J connectivity index is 1.51. The van der Waals surface area contributed by atoms with E-state index in [1.165, 1.54) is 0 Å². The second kappa shape index (κ2) is 8.07. The average molecular weight is 405 g/mol. The number of nitrogens with one attached hydrogen (secondary N) is 1. The summed E-state index contributed by atoms with van der Waals surface area (Å²) >= 11 is 0. The number of aromatic nitrogens is 2. The quantitative estimate of drug-likeness (QED) is 0.792. The van der Waals surface area contributed by atoms with Crippen LogP contribution in [-0.4, -0.2) is 75.8 Å². The topological polar surface area (TPSA) is 98.8 Å². The van der Waals surface area contributed by atoms with Crippen molar-refractivity contribution in [2.24, 2.45) is 11.3 Å². The maximum atomic E-state index is 13.3. The number of rotatable bonds is 3. The molecule has 0 aliphatic carbocycles. The van der Waals surface area contributed by atoms with Gasteiger partial charge in [0.15, 0.2) is 5.69 Å². The van der Waals surface area contributed by atoms with Gasteiger partial charge < -0.3 is 19.6 Å². The number of hydrogen-bond acceptors (Lipinski definition) is 5. The van der Waals surface area contributed by atoms with E-state index in [0.29, 0.717) is 57.3 Å². The van der Waals surface area contributed by atoms with Crippen LogP contribution in [0.5, 0.6) is 0 Å². The van der Waals surface area contributed by atoms with Crippen molar-refractivity contribution in [2.45, 2.75) is 58.7 Å². The molecule has 2 N–H and O–H groups in total. The van der Waals surface area contributed by atoms with E-state index in [2.05, 4.69) is 10.2 Å². The smallest absolute Gasteiger partial charge is 0.274 e. The first kappa shape index (κ1) is 20.3. The number of amides is 2. The molecule has 1 aromatic rings. The van der Waals surface area contributed by atoms with E-state index in [1.54, 1.807) is 0 Å². The highest BCUT2D eigenvalue weighted by Crippen LogP contribution is 2.39. The fourth-order valence-electron chi connectivity index (χ4n) is 5.01. The average Bonchev–Trinajstić information content (AvgIpc) is 3.13. The summed E-state index contributed by atoms with van der Waals surface area (Å²) in [6.45, 7) is 7.35. The van der Waals surface area contributed by atoms with Crippen LogP contribution in [0.3, 0.4) is 0 Å². The number of hydrogen-bond donors (Lipinski definition) is 2. The van der Waals surface area contributed by atoms with E-state index < -0.39 is 11.5 Å². The molecule has 1 aromatic heterocycles. The number of fused-ring (bicyclic) bond motifs is 1. The van der Waals surface area contributed by atoms with Crippen molar-refractivity contribution in [1.82, 2.24) is 20.0 Å². The van der Waals surface area contributed by atoms with Gasteiger partial charge in [0.05, 0.1) is 19.3 Å². The van der Waals surface area contributed by atoms with E-state index in [4.69, 9.17) is 4.74 Å². The monoisotopic (exact) mass is 404 g/mol. The number of aliphatic hydroxyl groups is 1. The van der Waals surface area contributed by atoms with Gasteiger partial charge in [-0.25, -0.2) is 0 Å². The molecule has 3 aliphatic rings. The van der Waals surface area contributed by atoms with Crippen molar-refractivity contribution < 1.29 is 19.4 Å². The number of aromatic amines is 1. The van der Waals surface area contributed by atoms with Crippen LogP contribution in [0.1, 0.15) is 61.3 Å². The predicted molar refractivity (Wildman–Crippen MR) is 106 cm³/mol. The SMILES string of the molecule is CC(C)CC(=O)N1CCC[C@@]2(C1)CN(C(=O)c1n[nH]c3c1COCC3)CC[C@@H]2O. The molecule has 0 radical (unpaired) electrons. The number of likely N-dealkylation sites (tertiary alicyclic amines) is 2. The number of aliphatic hydroxyl groups excluding tert-OH is 1. The third-order valence-electron chi connectivity index (χ3n) is 6.61. The van der Waals surface area contributed by atoms with Crippen molar-refractivity contribution in [3.63, 3.8) is 0 Å². The number of H-pyrrole nitrogens is 1. The van der Waals surface area contributed by atoms with Crippen molar-refractivity contribution in [3.05, 3.63) is 17.0 Å². The molecule has 29 heavy (non-hydrogen) atoms. The van der Waals surface area contributed by atoms with Gasteiger partial charge >= 0.3 is 0 Å². The summed E-state index contributed by atoms with van der Waals surface area (Å²) in [6, 6.07) is 0. The molecule has 2 saturated heterocycles. The number of carbonyl (C=O) groups is 2. The van der Waals surface area contributed by atoms with Crippen LogP contribution in [0.25, 0.3) is 0 Å². The third kappa shape index (κ3) is 3.92. The number of carbonyl (C=O) groups excluding carboxylic acids is 2. The number of nitrogens with zero attached hydrogens (tertiary/aromatic N) is 3. The normalized spacial score (nSPS) is 27.4. The zero-order valence-corrected chi connectivity index (χ0v) is 17.4. The minimum atomic E-state index is -0.502. The fourth-order valence-corrected chi connectivity index (χ4v) is 5.01. The summed E-state index contributed by atoms with van der Waals surface area (Å²) in [7, 11) is 0. The molecule has 0 unspecified atom stereocenters. The van der Waals surface area contributed by atoms with Crippen molar-refractivity contribution >= 4 is 11.8 Å². The lowest BCUT2D eigenvalue weighted by Crippen LogP contribution is -2.60. The molecule has 8 heteroatoms. The maximum Gasteiger partial charge on any atom is 0.274 e. The standard InChI is InChI=1S/C21H32N4O4/c1-14(2)10-18(27)24-7-3-6-21(12-24)13-25(8-4-17(21)26)20(28)19-15-11-29-9-5-16(15)22-23-19/h14,17,26H,3-13H2,1-2H3,(H,22,23)/t17-,21+/m0/s1. The Morgan fingerprint density at radius 1 is 1.31 bits per heavy atom. The van der Waals surface area contributed by atoms with Crippen LogP contribution in [0, 0.1) is 11.3 Å². The van der Waals surface area contributed by atoms with Gasteiger partial charge in [0.25, 0.3) is 5.91 Å². The van der Waals surface area contributed by atoms with Gasteiger partial charge in [-0.1, -0.05) is 13.8 Å². The van der Waals surface area contributed by atoms with Gasteiger partial charge in [0.2, 0.25) is 5.91 Å². The molecule has 4 rings (SSSR count). The second-order valence-corrected chi connectivity index (χ2v) is 9.24. The van der Waals surface area contributed by atoms with Crippen molar-refractivity contribution in [2.75, 3.05) is 32.8 Å². The molecule has 2 amide bonds. The summed E-state index contributed by atoms with van der Waals surface area (Å²) in [5.41, 5.74) is 1.83. The summed E-state index contributed by atoms with van der Waals surface area (Å²) < 4.78 is 5.52. The zero-order valence-electron chi connectivity index (χ0n) is 17.4. The molecule has 4 heterocycles. The molecular formula is C21H32N4O4. The number of ether oxygens (including phenoxy) is 1. The number of piperidine rings is 2. The van der Waals surface area contributed by atoms with Crippen molar-refractivity contribution in [1.29, 1.82) is 0 Å². The first-order valence-corrected chi connectivity index (χ1v) is 10.8. The largest absolute Gasteiger partial charge is 0.392 e. The molecule has 0 aromatic carbocycles. The van der Waals surface area contributed by atoms with Crippen LogP contribution in [0.2, 0.25) is 0 Å². The second-order valence-electron chi connectivity index (χ2n) is 9.24. The molecule has 1 spiro atoms. The highest BCUT2D eigenvalue weighted by Gasteiger charge is 2.47. The molecule has 0 saturated carbocycles. The Hall–Kier alpha value is -1.93. The van der Waals surface area contributed by atoms with Gasteiger partial charge in [-0.15, -0.1) is 0 Å². The molecule has 8 nitrogen and oxygen atoms in total. The van der Waals surface area contributed by atoms with E-state index in [9.17, 15) is 14.7 Å².